The minimum absolute atomic E-state index is 0.470. The van der Waals surface area contributed by atoms with Crippen molar-refractivity contribution < 1.29 is 4.79 Å². The van der Waals surface area contributed by atoms with E-state index in [1.807, 2.05) is 23.6 Å². The number of azide groups is 1. The summed E-state index contributed by atoms with van der Waals surface area (Å²) >= 11 is 1.42. The maximum Gasteiger partial charge on any atom is 0.160 e. The first kappa shape index (κ1) is 10.5. The number of hydrogen-bond donors (Lipinski definition) is 0. The molecule has 0 aliphatic rings. The van der Waals surface area contributed by atoms with Gasteiger partial charge in [0.25, 0.3) is 0 Å². The average molecular weight is 207 g/mol. The van der Waals surface area contributed by atoms with Gasteiger partial charge in [-0.2, -0.15) is 0 Å². The molecule has 0 unspecified atom stereocenters. The molecule has 0 aliphatic carbocycles. The van der Waals surface area contributed by atoms with Crippen LogP contribution in [0.5, 0.6) is 0 Å². The van der Waals surface area contributed by atoms with Gasteiger partial charge in [-0.1, -0.05) is 17.3 Å². The molecule has 0 aliphatic heterocycles. The van der Waals surface area contributed by atoms with Crippen LogP contribution in [0.4, 0.5) is 0 Å². The second-order valence-electron chi connectivity index (χ2n) is 2.55. The lowest BCUT2D eigenvalue weighted by Gasteiger charge is -1.84. The van der Waals surface area contributed by atoms with Gasteiger partial charge in [-0.25, -0.2) is 0 Å². The molecular formula is C9H9N3OS. The first-order valence-corrected chi connectivity index (χ1v) is 4.96. The fraction of sp³-hybridized carbons (Fsp3) is 0.222. The molecule has 1 aromatic heterocycles. The number of rotatable bonds is 5. The zero-order valence-electron chi connectivity index (χ0n) is 7.46. The van der Waals surface area contributed by atoms with Crippen LogP contribution in [0.1, 0.15) is 21.7 Å². The van der Waals surface area contributed by atoms with Gasteiger partial charge in [0, 0.05) is 11.5 Å². The fourth-order valence-corrected chi connectivity index (χ4v) is 1.59. The van der Waals surface area contributed by atoms with Crippen LogP contribution in [0.2, 0.25) is 0 Å². The Morgan fingerprint density at radius 2 is 2.50 bits per heavy atom. The Bertz CT molecular complexity index is 377. The SMILES string of the molecule is [N-]=[N+]=NCCC=Cc1csc(C=O)c1. The van der Waals surface area contributed by atoms with Crippen LogP contribution in [0, 0.1) is 0 Å². The zero-order valence-corrected chi connectivity index (χ0v) is 8.28. The predicted molar refractivity (Wildman–Crippen MR) is 57.4 cm³/mol. The summed E-state index contributed by atoms with van der Waals surface area (Å²) in [6.45, 7) is 0.470. The van der Waals surface area contributed by atoms with E-state index >= 15 is 0 Å². The van der Waals surface area contributed by atoms with Crippen LogP contribution < -0.4 is 0 Å². The van der Waals surface area contributed by atoms with Gasteiger partial charge >= 0.3 is 0 Å². The molecule has 1 rings (SSSR count). The van der Waals surface area contributed by atoms with E-state index in [1.165, 1.54) is 11.3 Å². The third-order valence-corrected chi connectivity index (χ3v) is 2.40. The summed E-state index contributed by atoms with van der Waals surface area (Å²) in [5.41, 5.74) is 9.03. The molecule has 0 radical (unpaired) electrons. The van der Waals surface area contributed by atoms with Crippen LogP contribution >= 0.6 is 11.3 Å². The summed E-state index contributed by atoms with van der Waals surface area (Å²) in [6, 6.07) is 1.82. The van der Waals surface area contributed by atoms with E-state index in [0.717, 1.165) is 23.1 Å². The normalized spacial score (nSPS) is 10.0. The van der Waals surface area contributed by atoms with E-state index in [-0.39, 0.29) is 0 Å². The topological polar surface area (TPSA) is 65.8 Å². The van der Waals surface area contributed by atoms with Gasteiger partial charge in [-0.3, -0.25) is 4.79 Å². The van der Waals surface area contributed by atoms with Crippen molar-refractivity contribution in [3.05, 3.63) is 38.4 Å². The lowest BCUT2D eigenvalue weighted by molar-refractivity contribution is 0.112. The number of hydrogen-bond acceptors (Lipinski definition) is 3. The molecule has 5 heteroatoms. The van der Waals surface area contributed by atoms with Crippen molar-refractivity contribution in [2.75, 3.05) is 6.54 Å². The van der Waals surface area contributed by atoms with Gasteiger partial charge in [0.2, 0.25) is 0 Å². The molecule has 0 N–H and O–H groups in total. The number of carbonyl (C=O) groups excluding carboxylic acids is 1. The van der Waals surface area contributed by atoms with Crippen LogP contribution in [0.15, 0.2) is 22.6 Å². The van der Waals surface area contributed by atoms with Crippen molar-refractivity contribution in [3.63, 3.8) is 0 Å². The van der Waals surface area contributed by atoms with Gasteiger partial charge in [-0.05, 0) is 29.0 Å². The maximum atomic E-state index is 10.4. The second kappa shape index (κ2) is 5.96. The minimum Gasteiger partial charge on any atom is -0.297 e. The molecule has 0 saturated carbocycles. The number of thiophene rings is 1. The molecule has 72 valence electrons. The highest BCUT2D eigenvalue weighted by Crippen LogP contribution is 2.13. The molecule has 0 spiro atoms. The molecule has 1 aromatic rings. The Balaban J connectivity index is 2.43. The van der Waals surface area contributed by atoms with E-state index in [1.54, 1.807) is 0 Å². The maximum absolute atomic E-state index is 10.4. The van der Waals surface area contributed by atoms with Gasteiger partial charge in [0.1, 0.15) is 0 Å². The summed E-state index contributed by atoms with van der Waals surface area (Å²) in [4.78, 5) is 13.7. The number of aldehydes is 1. The van der Waals surface area contributed by atoms with Gasteiger partial charge in [0.05, 0.1) is 4.88 Å². The third kappa shape index (κ3) is 3.43. The Kier molecular flexibility index (Phi) is 4.47. The molecule has 1 heterocycles. The largest absolute Gasteiger partial charge is 0.297 e. The van der Waals surface area contributed by atoms with Crippen molar-refractivity contribution in [2.24, 2.45) is 5.11 Å². The van der Waals surface area contributed by atoms with E-state index in [2.05, 4.69) is 10.0 Å². The molecule has 0 atom stereocenters. The van der Waals surface area contributed by atoms with Crippen LogP contribution in [0.25, 0.3) is 16.5 Å². The quantitative estimate of drug-likeness (QED) is 0.240. The van der Waals surface area contributed by atoms with Gasteiger partial charge < -0.3 is 0 Å². The Labute approximate surface area is 85.5 Å². The van der Waals surface area contributed by atoms with E-state index in [4.69, 9.17) is 5.53 Å². The lowest BCUT2D eigenvalue weighted by Crippen LogP contribution is -1.72. The Morgan fingerprint density at radius 1 is 1.64 bits per heavy atom. The van der Waals surface area contributed by atoms with Crippen LogP contribution in [-0.4, -0.2) is 12.8 Å². The van der Waals surface area contributed by atoms with Crippen molar-refractivity contribution >= 4 is 23.7 Å². The predicted octanol–water partition coefficient (Wildman–Crippen LogP) is 3.27. The van der Waals surface area contributed by atoms with Crippen molar-refractivity contribution in [2.45, 2.75) is 6.42 Å². The summed E-state index contributed by atoms with van der Waals surface area (Å²) in [5.74, 6) is 0. The molecule has 0 bridgehead atoms. The first-order chi connectivity index (χ1) is 6.86. The number of nitrogens with zero attached hydrogens (tertiary/aromatic N) is 3. The Morgan fingerprint density at radius 3 is 3.14 bits per heavy atom. The van der Waals surface area contributed by atoms with Crippen molar-refractivity contribution in [1.29, 1.82) is 0 Å². The number of carbonyl (C=O) groups is 1. The molecule has 0 aromatic carbocycles. The van der Waals surface area contributed by atoms with Gasteiger partial charge in [0.15, 0.2) is 6.29 Å². The summed E-state index contributed by atoms with van der Waals surface area (Å²) in [6.07, 6.45) is 5.39. The zero-order chi connectivity index (χ0) is 10.2. The Hall–Kier alpha value is -1.58. The van der Waals surface area contributed by atoms with Crippen LogP contribution in [0.3, 0.4) is 0 Å². The fourth-order valence-electron chi connectivity index (χ4n) is 0.914. The van der Waals surface area contributed by atoms with E-state index in [0.29, 0.717) is 6.54 Å². The highest BCUT2D eigenvalue weighted by Gasteiger charge is 1.93. The summed E-state index contributed by atoms with van der Waals surface area (Å²) < 4.78 is 0. The third-order valence-electron chi connectivity index (χ3n) is 1.53. The van der Waals surface area contributed by atoms with E-state index in [9.17, 15) is 4.79 Å². The molecular weight excluding hydrogens is 198 g/mol. The lowest BCUT2D eigenvalue weighted by atomic mass is 10.2. The molecule has 0 saturated heterocycles. The minimum atomic E-state index is 0.470. The van der Waals surface area contributed by atoms with E-state index < -0.39 is 0 Å². The molecule has 0 fully saturated rings. The van der Waals surface area contributed by atoms with Crippen molar-refractivity contribution in [1.82, 2.24) is 0 Å². The average Bonchev–Trinajstić information content (AvgIpc) is 2.65. The second-order valence-corrected chi connectivity index (χ2v) is 3.49. The van der Waals surface area contributed by atoms with Gasteiger partial charge in [-0.15, -0.1) is 11.3 Å². The highest BCUT2D eigenvalue weighted by atomic mass is 32.1. The molecule has 0 amide bonds. The molecule has 4 nitrogen and oxygen atoms in total. The highest BCUT2D eigenvalue weighted by molar-refractivity contribution is 7.11. The van der Waals surface area contributed by atoms with Crippen LogP contribution in [-0.2, 0) is 0 Å². The summed E-state index contributed by atoms with van der Waals surface area (Å²) in [5, 5.41) is 5.31. The first-order valence-electron chi connectivity index (χ1n) is 4.08. The summed E-state index contributed by atoms with van der Waals surface area (Å²) in [7, 11) is 0. The monoisotopic (exact) mass is 207 g/mol. The standard InChI is InChI=1S/C9H9N3OS/c10-12-11-4-2-1-3-8-5-9(6-13)14-7-8/h1,3,5-7H,2,4H2. The smallest absolute Gasteiger partial charge is 0.160 e. The molecule has 14 heavy (non-hydrogen) atoms. The van der Waals surface area contributed by atoms with Crippen molar-refractivity contribution in [3.8, 4) is 0 Å².